The van der Waals surface area contributed by atoms with Crippen molar-refractivity contribution >= 4 is 12.0 Å². The average Bonchev–Trinajstić information content (AvgIpc) is 2.46. The molecule has 1 atom stereocenters. The van der Waals surface area contributed by atoms with E-state index >= 15 is 0 Å². The highest BCUT2D eigenvalue weighted by atomic mass is 16.4. The predicted molar refractivity (Wildman–Crippen MR) is 81.1 cm³/mol. The third kappa shape index (κ3) is 5.21. The van der Waals surface area contributed by atoms with Crippen LogP contribution < -0.4 is 5.32 Å². The molecule has 1 aliphatic carbocycles. The van der Waals surface area contributed by atoms with Gasteiger partial charge < -0.3 is 15.3 Å². The maximum Gasteiger partial charge on any atom is 0.317 e. The lowest BCUT2D eigenvalue weighted by Gasteiger charge is -2.31. The summed E-state index contributed by atoms with van der Waals surface area (Å²) in [5.74, 6) is -0.590. The minimum Gasteiger partial charge on any atom is -0.481 e. The zero-order valence-electron chi connectivity index (χ0n) is 12.9. The fraction of sp³-hybridized carbons (Fsp3) is 0.875. The molecule has 21 heavy (non-hydrogen) atoms. The highest BCUT2D eigenvalue weighted by molar-refractivity contribution is 5.76. The SMILES string of the molecule is O=C(O)C1CCCN(C(=O)NCC2CCCCCCC2)C1. The predicted octanol–water partition coefficient (Wildman–Crippen LogP) is 2.85. The van der Waals surface area contributed by atoms with Gasteiger partial charge in [0.15, 0.2) is 0 Å². The summed E-state index contributed by atoms with van der Waals surface area (Å²) >= 11 is 0. The molecule has 0 radical (unpaired) electrons. The Hall–Kier alpha value is -1.26. The minimum absolute atomic E-state index is 0.0805. The first-order valence-electron chi connectivity index (χ1n) is 8.42. The Morgan fingerprint density at radius 1 is 1.00 bits per heavy atom. The summed E-state index contributed by atoms with van der Waals surface area (Å²) in [6.45, 7) is 1.78. The van der Waals surface area contributed by atoms with Crippen LogP contribution in [0.2, 0.25) is 0 Å². The summed E-state index contributed by atoms with van der Waals surface area (Å²) < 4.78 is 0. The molecule has 1 saturated heterocycles. The van der Waals surface area contributed by atoms with Gasteiger partial charge in [0, 0.05) is 19.6 Å². The number of carbonyl (C=O) groups is 2. The second-order valence-corrected chi connectivity index (χ2v) is 6.52. The first kappa shape index (κ1) is 16.1. The zero-order valence-corrected chi connectivity index (χ0v) is 12.9. The molecule has 2 amide bonds. The molecule has 2 rings (SSSR count). The third-order valence-corrected chi connectivity index (χ3v) is 4.82. The number of amides is 2. The van der Waals surface area contributed by atoms with Gasteiger partial charge in [-0.25, -0.2) is 4.79 Å². The van der Waals surface area contributed by atoms with Crippen LogP contribution in [-0.2, 0) is 4.79 Å². The Balaban J connectivity index is 1.74. The molecule has 1 saturated carbocycles. The number of aliphatic carboxylic acids is 1. The molecule has 2 N–H and O–H groups in total. The van der Waals surface area contributed by atoms with Crippen molar-refractivity contribution in [3.63, 3.8) is 0 Å². The van der Waals surface area contributed by atoms with Gasteiger partial charge in [-0.1, -0.05) is 32.1 Å². The first-order valence-corrected chi connectivity index (χ1v) is 8.42. The van der Waals surface area contributed by atoms with E-state index in [1.54, 1.807) is 4.90 Å². The quantitative estimate of drug-likeness (QED) is 0.841. The van der Waals surface area contributed by atoms with Crippen LogP contribution in [0, 0.1) is 11.8 Å². The van der Waals surface area contributed by atoms with Gasteiger partial charge >= 0.3 is 12.0 Å². The van der Waals surface area contributed by atoms with Crippen LogP contribution in [0.15, 0.2) is 0 Å². The largest absolute Gasteiger partial charge is 0.481 e. The summed E-state index contributed by atoms with van der Waals surface area (Å²) in [6, 6.07) is -0.0805. The van der Waals surface area contributed by atoms with Crippen LogP contribution >= 0.6 is 0 Å². The standard InChI is InChI=1S/C16H28N2O3/c19-15(20)14-9-6-10-18(12-14)16(21)17-11-13-7-4-2-1-3-5-8-13/h13-14H,1-12H2,(H,17,21)(H,19,20). The van der Waals surface area contributed by atoms with Crippen molar-refractivity contribution in [1.82, 2.24) is 10.2 Å². The summed E-state index contributed by atoms with van der Waals surface area (Å²) in [5, 5.41) is 12.1. The van der Waals surface area contributed by atoms with E-state index < -0.39 is 11.9 Å². The molecule has 2 fully saturated rings. The summed E-state index contributed by atoms with van der Waals surface area (Å²) in [4.78, 5) is 24.9. The molecule has 5 heteroatoms. The number of carbonyl (C=O) groups excluding carboxylic acids is 1. The zero-order chi connectivity index (χ0) is 15.1. The molecule has 1 unspecified atom stereocenters. The van der Waals surface area contributed by atoms with E-state index in [0.29, 0.717) is 25.4 Å². The van der Waals surface area contributed by atoms with E-state index in [9.17, 15) is 9.59 Å². The summed E-state index contributed by atoms with van der Waals surface area (Å²) in [5.41, 5.74) is 0. The highest BCUT2D eigenvalue weighted by Gasteiger charge is 2.28. The number of nitrogens with zero attached hydrogens (tertiary/aromatic N) is 1. The summed E-state index contributed by atoms with van der Waals surface area (Å²) in [7, 11) is 0. The van der Waals surface area contributed by atoms with E-state index in [2.05, 4.69) is 5.32 Å². The highest BCUT2D eigenvalue weighted by Crippen LogP contribution is 2.22. The van der Waals surface area contributed by atoms with Crippen LogP contribution in [-0.4, -0.2) is 41.6 Å². The summed E-state index contributed by atoms with van der Waals surface area (Å²) in [6.07, 6.45) is 10.4. The molecule has 0 aromatic heterocycles. The fourth-order valence-electron chi connectivity index (χ4n) is 3.45. The van der Waals surface area contributed by atoms with Gasteiger partial charge in [0.2, 0.25) is 0 Å². The number of carboxylic acid groups (broad SMARTS) is 1. The van der Waals surface area contributed by atoms with Gasteiger partial charge in [0.05, 0.1) is 5.92 Å². The number of urea groups is 1. The second kappa shape index (κ2) is 8.25. The van der Waals surface area contributed by atoms with Crippen molar-refractivity contribution in [2.45, 2.75) is 57.8 Å². The van der Waals surface area contributed by atoms with Crippen LogP contribution in [0.1, 0.15) is 57.8 Å². The lowest BCUT2D eigenvalue weighted by molar-refractivity contribution is -0.143. The van der Waals surface area contributed by atoms with Gasteiger partial charge in [0.1, 0.15) is 0 Å². The van der Waals surface area contributed by atoms with E-state index in [1.807, 2.05) is 0 Å². The molecular formula is C16H28N2O3. The third-order valence-electron chi connectivity index (χ3n) is 4.82. The lowest BCUT2D eigenvalue weighted by atomic mass is 9.91. The molecule has 1 heterocycles. The van der Waals surface area contributed by atoms with Gasteiger partial charge in [-0.05, 0) is 31.6 Å². The van der Waals surface area contributed by atoms with Crippen molar-refractivity contribution in [3.8, 4) is 0 Å². The van der Waals surface area contributed by atoms with E-state index in [0.717, 1.165) is 13.0 Å². The maximum absolute atomic E-state index is 12.2. The molecule has 5 nitrogen and oxygen atoms in total. The van der Waals surface area contributed by atoms with Crippen molar-refractivity contribution in [1.29, 1.82) is 0 Å². The number of likely N-dealkylation sites (tertiary alicyclic amines) is 1. The Labute approximate surface area is 127 Å². The Bertz CT molecular complexity index is 351. The molecule has 0 aromatic carbocycles. The second-order valence-electron chi connectivity index (χ2n) is 6.52. The Morgan fingerprint density at radius 2 is 1.67 bits per heavy atom. The Kier molecular flexibility index (Phi) is 6.33. The lowest BCUT2D eigenvalue weighted by Crippen LogP contribution is -2.48. The Morgan fingerprint density at radius 3 is 2.33 bits per heavy atom. The molecular weight excluding hydrogens is 268 g/mol. The van der Waals surface area contributed by atoms with Crippen LogP contribution in [0.3, 0.4) is 0 Å². The van der Waals surface area contributed by atoms with Crippen molar-refractivity contribution in [2.75, 3.05) is 19.6 Å². The smallest absolute Gasteiger partial charge is 0.317 e. The minimum atomic E-state index is -0.785. The van der Waals surface area contributed by atoms with E-state index in [4.69, 9.17) is 5.11 Å². The van der Waals surface area contributed by atoms with E-state index in [1.165, 1.54) is 44.9 Å². The monoisotopic (exact) mass is 296 g/mol. The van der Waals surface area contributed by atoms with Crippen LogP contribution in [0.4, 0.5) is 4.79 Å². The van der Waals surface area contributed by atoms with Crippen molar-refractivity contribution < 1.29 is 14.7 Å². The molecule has 0 aromatic rings. The van der Waals surface area contributed by atoms with Gasteiger partial charge in [-0.3, -0.25) is 4.79 Å². The topological polar surface area (TPSA) is 69.6 Å². The van der Waals surface area contributed by atoms with Crippen molar-refractivity contribution in [3.05, 3.63) is 0 Å². The molecule has 2 aliphatic rings. The van der Waals surface area contributed by atoms with Crippen LogP contribution in [0.25, 0.3) is 0 Å². The van der Waals surface area contributed by atoms with Gasteiger partial charge in [-0.2, -0.15) is 0 Å². The number of nitrogens with one attached hydrogen (secondary N) is 1. The van der Waals surface area contributed by atoms with Gasteiger partial charge in [-0.15, -0.1) is 0 Å². The number of rotatable bonds is 3. The van der Waals surface area contributed by atoms with Gasteiger partial charge in [0.25, 0.3) is 0 Å². The number of piperidine rings is 1. The number of hydrogen-bond donors (Lipinski definition) is 2. The van der Waals surface area contributed by atoms with Crippen LogP contribution in [0.5, 0.6) is 0 Å². The van der Waals surface area contributed by atoms with Crippen molar-refractivity contribution in [2.24, 2.45) is 11.8 Å². The maximum atomic E-state index is 12.2. The first-order chi connectivity index (χ1) is 10.2. The molecule has 0 spiro atoms. The number of hydrogen-bond acceptors (Lipinski definition) is 2. The molecule has 1 aliphatic heterocycles. The number of carboxylic acids is 1. The molecule has 0 bridgehead atoms. The van der Waals surface area contributed by atoms with E-state index in [-0.39, 0.29) is 6.03 Å². The average molecular weight is 296 g/mol. The fourth-order valence-corrected chi connectivity index (χ4v) is 3.45. The molecule has 120 valence electrons. The normalized spacial score (nSPS) is 25.0.